The molecule has 0 fully saturated rings. The number of hydrogen-bond donors (Lipinski definition) is 1. The molecule has 0 aliphatic rings. The van der Waals surface area contributed by atoms with Crippen molar-refractivity contribution in [2.24, 2.45) is 0 Å². The van der Waals surface area contributed by atoms with E-state index < -0.39 is 11.7 Å². The minimum Gasteiger partial charge on any atom is -0.375 e. The fourth-order valence-corrected chi connectivity index (χ4v) is 2.17. The van der Waals surface area contributed by atoms with Crippen LogP contribution in [-0.4, -0.2) is 19.5 Å². The van der Waals surface area contributed by atoms with Crippen molar-refractivity contribution in [1.29, 1.82) is 0 Å². The van der Waals surface area contributed by atoms with Crippen LogP contribution in [0.25, 0.3) is 0 Å². The molecule has 0 unspecified atom stereocenters. The standard InChI is InChI=1S/C16H14ClF3N2O/c1-22(12-5-3-2-4-6-12)15(23)10-21-14-8-7-11(9-13(14)17)16(18,19)20/h2-9,21H,10H2,1H3. The van der Waals surface area contributed by atoms with Crippen LogP contribution in [0, 0.1) is 0 Å². The molecule has 1 amide bonds. The average Bonchev–Trinajstić information content (AvgIpc) is 2.52. The summed E-state index contributed by atoms with van der Waals surface area (Å²) in [5.74, 6) is -0.243. The van der Waals surface area contributed by atoms with E-state index in [1.54, 1.807) is 31.3 Å². The van der Waals surface area contributed by atoms with Crippen molar-refractivity contribution in [3.63, 3.8) is 0 Å². The molecule has 0 saturated heterocycles. The van der Waals surface area contributed by atoms with Gasteiger partial charge in [0.25, 0.3) is 0 Å². The summed E-state index contributed by atoms with van der Waals surface area (Å²) in [7, 11) is 1.62. The number of rotatable bonds is 4. The number of nitrogens with zero attached hydrogens (tertiary/aromatic N) is 1. The number of carbonyl (C=O) groups is 1. The van der Waals surface area contributed by atoms with Gasteiger partial charge in [-0.1, -0.05) is 29.8 Å². The van der Waals surface area contributed by atoms with Crippen LogP contribution in [0.3, 0.4) is 0 Å². The van der Waals surface area contributed by atoms with Gasteiger partial charge in [0.15, 0.2) is 0 Å². The molecule has 7 heteroatoms. The number of alkyl halides is 3. The molecule has 2 rings (SSSR count). The van der Waals surface area contributed by atoms with Crippen molar-refractivity contribution < 1.29 is 18.0 Å². The Bertz CT molecular complexity index is 689. The molecule has 0 saturated carbocycles. The lowest BCUT2D eigenvalue weighted by atomic mass is 10.2. The highest BCUT2D eigenvalue weighted by Gasteiger charge is 2.30. The smallest absolute Gasteiger partial charge is 0.375 e. The van der Waals surface area contributed by atoms with Gasteiger partial charge < -0.3 is 10.2 Å². The van der Waals surface area contributed by atoms with E-state index in [0.717, 1.165) is 17.8 Å². The van der Waals surface area contributed by atoms with Crippen LogP contribution in [-0.2, 0) is 11.0 Å². The number of benzene rings is 2. The van der Waals surface area contributed by atoms with Gasteiger partial charge in [0.1, 0.15) is 0 Å². The highest BCUT2D eigenvalue weighted by Crippen LogP contribution is 2.33. The number of nitrogens with one attached hydrogen (secondary N) is 1. The van der Waals surface area contributed by atoms with Gasteiger partial charge in [-0.05, 0) is 30.3 Å². The Balaban J connectivity index is 2.02. The van der Waals surface area contributed by atoms with Crippen molar-refractivity contribution in [2.75, 3.05) is 23.8 Å². The summed E-state index contributed by atoms with van der Waals surface area (Å²) in [4.78, 5) is 13.5. The largest absolute Gasteiger partial charge is 0.416 e. The molecule has 0 aliphatic heterocycles. The molecule has 0 atom stereocenters. The maximum Gasteiger partial charge on any atom is 0.416 e. The minimum absolute atomic E-state index is 0.0868. The van der Waals surface area contributed by atoms with Gasteiger partial charge in [-0.2, -0.15) is 13.2 Å². The number of para-hydroxylation sites is 1. The number of halogens is 4. The first kappa shape index (κ1) is 17.1. The fraction of sp³-hybridized carbons (Fsp3) is 0.188. The lowest BCUT2D eigenvalue weighted by Crippen LogP contribution is -2.32. The van der Waals surface area contributed by atoms with Gasteiger partial charge in [-0.15, -0.1) is 0 Å². The molecular formula is C16H14ClF3N2O. The molecule has 1 N–H and O–H groups in total. The van der Waals surface area contributed by atoms with Crippen molar-refractivity contribution in [3.8, 4) is 0 Å². The van der Waals surface area contributed by atoms with Gasteiger partial charge in [0.2, 0.25) is 5.91 Å². The van der Waals surface area contributed by atoms with Crippen LogP contribution in [0.4, 0.5) is 24.5 Å². The molecule has 0 bridgehead atoms. The Kier molecular flexibility index (Phi) is 5.15. The molecule has 2 aromatic rings. The zero-order chi connectivity index (χ0) is 17.0. The van der Waals surface area contributed by atoms with Crippen molar-refractivity contribution in [1.82, 2.24) is 0 Å². The Morgan fingerprint density at radius 3 is 2.39 bits per heavy atom. The molecular weight excluding hydrogens is 329 g/mol. The summed E-state index contributed by atoms with van der Waals surface area (Å²) < 4.78 is 37.7. The Hall–Kier alpha value is -2.21. The summed E-state index contributed by atoms with van der Waals surface area (Å²) in [5, 5.41) is 2.66. The zero-order valence-corrected chi connectivity index (χ0v) is 12.9. The van der Waals surface area contributed by atoms with Crippen LogP contribution >= 0.6 is 11.6 Å². The average molecular weight is 343 g/mol. The van der Waals surface area contributed by atoms with E-state index in [1.807, 2.05) is 6.07 Å². The second-order valence-electron chi connectivity index (χ2n) is 4.83. The third kappa shape index (κ3) is 4.39. The maximum atomic E-state index is 12.6. The summed E-state index contributed by atoms with van der Waals surface area (Å²) in [6.45, 7) is -0.0868. The fourth-order valence-electron chi connectivity index (χ4n) is 1.92. The normalized spacial score (nSPS) is 11.2. The minimum atomic E-state index is -4.45. The second-order valence-corrected chi connectivity index (χ2v) is 5.24. The van der Waals surface area contributed by atoms with Gasteiger partial charge in [0, 0.05) is 12.7 Å². The number of likely N-dealkylation sites (N-methyl/N-ethyl adjacent to an activating group) is 1. The summed E-state index contributed by atoms with van der Waals surface area (Å²) >= 11 is 5.83. The summed E-state index contributed by atoms with van der Waals surface area (Å²) in [6.07, 6.45) is -4.45. The van der Waals surface area contributed by atoms with Gasteiger partial charge >= 0.3 is 6.18 Å². The first-order valence-corrected chi connectivity index (χ1v) is 7.09. The highest BCUT2D eigenvalue weighted by atomic mass is 35.5. The topological polar surface area (TPSA) is 32.3 Å². The quantitative estimate of drug-likeness (QED) is 0.891. The molecule has 0 aromatic heterocycles. The molecule has 23 heavy (non-hydrogen) atoms. The first-order chi connectivity index (χ1) is 10.8. The number of carbonyl (C=O) groups excluding carboxylic acids is 1. The van der Waals surface area contributed by atoms with Crippen molar-refractivity contribution >= 4 is 28.9 Å². The van der Waals surface area contributed by atoms with E-state index in [0.29, 0.717) is 0 Å². The third-order valence-electron chi connectivity index (χ3n) is 3.24. The predicted molar refractivity (Wildman–Crippen MR) is 84.8 cm³/mol. The monoisotopic (exact) mass is 342 g/mol. The third-order valence-corrected chi connectivity index (χ3v) is 3.56. The number of anilines is 2. The van der Waals surface area contributed by atoms with E-state index in [1.165, 1.54) is 11.0 Å². The lowest BCUT2D eigenvalue weighted by Gasteiger charge is -2.18. The van der Waals surface area contributed by atoms with Gasteiger partial charge in [0.05, 0.1) is 22.8 Å². The van der Waals surface area contributed by atoms with Crippen molar-refractivity contribution in [2.45, 2.75) is 6.18 Å². The SMILES string of the molecule is CN(C(=O)CNc1ccc(C(F)(F)F)cc1Cl)c1ccccc1. The Morgan fingerprint density at radius 1 is 1.17 bits per heavy atom. The van der Waals surface area contributed by atoms with Crippen LogP contribution in [0.15, 0.2) is 48.5 Å². The Morgan fingerprint density at radius 2 is 1.83 bits per heavy atom. The number of hydrogen-bond acceptors (Lipinski definition) is 2. The second kappa shape index (κ2) is 6.91. The summed E-state index contributed by atoms with van der Waals surface area (Å²) in [6, 6.07) is 12.0. The van der Waals surface area contributed by atoms with E-state index in [-0.39, 0.29) is 23.2 Å². The summed E-state index contributed by atoms with van der Waals surface area (Å²) in [5.41, 5.74) is 0.160. The molecule has 2 aromatic carbocycles. The molecule has 122 valence electrons. The van der Waals surface area contributed by atoms with E-state index >= 15 is 0 Å². The van der Waals surface area contributed by atoms with Crippen molar-refractivity contribution in [3.05, 3.63) is 59.1 Å². The van der Waals surface area contributed by atoms with E-state index in [9.17, 15) is 18.0 Å². The first-order valence-electron chi connectivity index (χ1n) is 6.71. The predicted octanol–water partition coefficient (Wildman–Crippen LogP) is 4.43. The van der Waals surface area contributed by atoms with E-state index in [2.05, 4.69) is 5.32 Å². The molecule has 3 nitrogen and oxygen atoms in total. The van der Waals surface area contributed by atoms with Crippen LogP contribution in [0.5, 0.6) is 0 Å². The molecule has 0 aliphatic carbocycles. The molecule has 0 spiro atoms. The van der Waals surface area contributed by atoms with Gasteiger partial charge in [-0.25, -0.2) is 0 Å². The van der Waals surface area contributed by atoms with Gasteiger partial charge in [-0.3, -0.25) is 4.79 Å². The van der Waals surface area contributed by atoms with Crippen LogP contribution in [0.2, 0.25) is 5.02 Å². The molecule has 0 heterocycles. The lowest BCUT2D eigenvalue weighted by molar-refractivity contribution is -0.137. The maximum absolute atomic E-state index is 12.6. The van der Waals surface area contributed by atoms with Crippen LogP contribution < -0.4 is 10.2 Å². The Labute approximate surface area is 136 Å². The zero-order valence-electron chi connectivity index (χ0n) is 12.2. The highest BCUT2D eigenvalue weighted by molar-refractivity contribution is 6.33. The van der Waals surface area contributed by atoms with E-state index in [4.69, 9.17) is 11.6 Å². The molecule has 0 radical (unpaired) electrons. The van der Waals surface area contributed by atoms with Crippen LogP contribution in [0.1, 0.15) is 5.56 Å². The number of amides is 1.